The summed E-state index contributed by atoms with van der Waals surface area (Å²) < 4.78 is 2.13. The largest absolute Gasteiger partial charge is 0.343 e. The molecule has 1 aliphatic rings. The molecule has 0 bridgehead atoms. The Hall–Kier alpha value is -1.79. The van der Waals surface area contributed by atoms with Crippen molar-refractivity contribution in [3.63, 3.8) is 0 Å². The van der Waals surface area contributed by atoms with E-state index in [-0.39, 0.29) is 5.91 Å². The number of likely N-dealkylation sites (tertiary alicyclic amines) is 1. The first-order valence-corrected chi connectivity index (χ1v) is 11.7. The van der Waals surface area contributed by atoms with Crippen molar-refractivity contribution in [2.75, 3.05) is 13.1 Å². The number of amides is 1. The number of nitrogens with zero attached hydrogens (tertiary/aromatic N) is 3. The Morgan fingerprint density at radius 3 is 2.63 bits per heavy atom. The van der Waals surface area contributed by atoms with E-state index in [0.29, 0.717) is 33.7 Å². The lowest BCUT2D eigenvalue weighted by atomic mass is 10.1. The van der Waals surface area contributed by atoms with Gasteiger partial charge in [0, 0.05) is 42.0 Å². The number of thiazole rings is 1. The van der Waals surface area contributed by atoms with E-state index < -0.39 is 0 Å². The van der Waals surface area contributed by atoms with Crippen LogP contribution in [0, 0.1) is 0 Å². The summed E-state index contributed by atoms with van der Waals surface area (Å²) >= 11 is 20.6. The van der Waals surface area contributed by atoms with E-state index in [2.05, 4.69) is 4.57 Å². The Morgan fingerprint density at radius 1 is 1.03 bits per heavy atom. The zero-order valence-corrected chi connectivity index (χ0v) is 19.2. The molecular weight excluding hydrogens is 461 g/mol. The van der Waals surface area contributed by atoms with Crippen LogP contribution in [0.25, 0.3) is 11.3 Å². The Balaban J connectivity index is 1.71. The first-order valence-electron chi connectivity index (χ1n) is 9.74. The average molecular weight is 481 g/mol. The molecule has 1 fully saturated rings. The Bertz CT molecular complexity index is 1140. The lowest BCUT2D eigenvalue weighted by molar-refractivity contribution is -0.127. The summed E-state index contributed by atoms with van der Waals surface area (Å²) in [4.78, 5) is 19.5. The topological polar surface area (TPSA) is 37.6 Å². The van der Waals surface area contributed by atoms with Crippen LogP contribution in [-0.4, -0.2) is 28.5 Å². The third-order valence-electron chi connectivity index (χ3n) is 5.05. The SMILES string of the molecule is O=C1CCCN1CCCn1c(-c2cc(Cl)ccc2Cl)csc1=Nc1ccccc1Cl. The van der Waals surface area contributed by atoms with Crippen molar-refractivity contribution in [3.05, 3.63) is 67.7 Å². The van der Waals surface area contributed by atoms with Crippen LogP contribution in [-0.2, 0) is 11.3 Å². The van der Waals surface area contributed by atoms with Crippen molar-refractivity contribution in [1.82, 2.24) is 9.47 Å². The molecule has 2 aromatic carbocycles. The number of halogens is 3. The van der Waals surface area contributed by atoms with E-state index in [4.69, 9.17) is 39.8 Å². The first-order chi connectivity index (χ1) is 14.5. The van der Waals surface area contributed by atoms with Crippen LogP contribution >= 0.6 is 46.1 Å². The van der Waals surface area contributed by atoms with Crippen LogP contribution < -0.4 is 4.80 Å². The van der Waals surface area contributed by atoms with Gasteiger partial charge in [0.2, 0.25) is 5.91 Å². The molecule has 1 aliphatic heterocycles. The second kappa shape index (κ2) is 9.56. The highest BCUT2D eigenvalue weighted by Crippen LogP contribution is 2.31. The predicted molar refractivity (Wildman–Crippen MR) is 125 cm³/mol. The summed E-state index contributed by atoms with van der Waals surface area (Å²) in [5.74, 6) is 0.240. The Kier molecular flexibility index (Phi) is 6.84. The maximum absolute atomic E-state index is 11.9. The predicted octanol–water partition coefficient (Wildman–Crippen LogP) is 6.42. The van der Waals surface area contributed by atoms with Gasteiger partial charge in [0.1, 0.15) is 0 Å². The first kappa shape index (κ1) is 21.4. The number of carbonyl (C=O) groups is 1. The van der Waals surface area contributed by atoms with Crippen LogP contribution in [0.15, 0.2) is 52.8 Å². The highest BCUT2D eigenvalue weighted by Gasteiger charge is 2.20. The summed E-state index contributed by atoms with van der Waals surface area (Å²) in [6.45, 7) is 2.28. The van der Waals surface area contributed by atoms with Crippen LogP contribution in [0.3, 0.4) is 0 Å². The molecule has 4 rings (SSSR count). The van der Waals surface area contributed by atoms with Gasteiger partial charge in [0.05, 0.1) is 21.4 Å². The van der Waals surface area contributed by atoms with Crippen LogP contribution in [0.4, 0.5) is 5.69 Å². The summed E-state index contributed by atoms with van der Waals surface area (Å²) in [6.07, 6.45) is 2.42. The zero-order valence-electron chi connectivity index (χ0n) is 16.2. The van der Waals surface area contributed by atoms with Crippen molar-refractivity contribution in [2.24, 2.45) is 4.99 Å². The van der Waals surface area contributed by atoms with Gasteiger partial charge in [-0.25, -0.2) is 4.99 Å². The van der Waals surface area contributed by atoms with E-state index in [1.165, 1.54) is 11.3 Å². The second-order valence-electron chi connectivity index (χ2n) is 7.08. The van der Waals surface area contributed by atoms with E-state index >= 15 is 0 Å². The van der Waals surface area contributed by atoms with Gasteiger partial charge < -0.3 is 9.47 Å². The molecule has 0 saturated carbocycles. The van der Waals surface area contributed by atoms with E-state index in [1.54, 1.807) is 12.1 Å². The van der Waals surface area contributed by atoms with Crippen molar-refractivity contribution < 1.29 is 4.79 Å². The minimum Gasteiger partial charge on any atom is -0.343 e. The van der Waals surface area contributed by atoms with Crippen LogP contribution in [0.1, 0.15) is 19.3 Å². The molecule has 2 heterocycles. The molecule has 4 nitrogen and oxygen atoms in total. The fourth-order valence-electron chi connectivity index (χ4n) is 3.55. The molecule has 0 N–H and O–H groups in total. The normalized spacial score (nSPS) is 14.7. The summed E-state index contributed by atoms with van der Waals surface area (Å²) in [5.41, 5.74) is 2.53. The molecule has 1 aromatic heterocycles. The number of carbonyl (C=O) groups excluding carboxylic acids is 1. The number of hydrogen-bond donors (Lipinski definition) is 0. The average Bonchev–Trinajstić information content (AvgIpc) is 3.32. The Labute approximate surface area is 194 Å². The molecular formula is C22H20Cl3N3OS. The molecule has 3 aromatic rings. The van der Waals surface area contributed by atoms with Gasteiger partial charge in [0.25, 0.3) is 0 Å². The van der Waals surface area contributed by atoms with E-state index in [9.17, 15) is 4.79 Å². The van der Waals surface area contributed by atoms with E-state index in [0.717, 1.165) is 42.0 Å². The molecule has 156 valence electrons. The summed E-state index contributed by atoms with van der Waals surface area (Å²) in [5, 5.41) is 3.89. The molecule has 0 spiro atoms. The zero-order chi connectivity index (χ0) is 21.1. The second-order valence-corrected chi connectivity index (χ2v) is 9.17. The smallest absolute Gasteiger partial charge is 0.222 e. The maximum Gasteiger partial charge on any atom is 0.222 e. The number of hydrogen-bond acceptors (Lipinski definition) is 3. The van der Waals surface area contributed by atoms with Gasteiger partial charge in [-0.2, -0.15) is 0 Å². The Morgan fingerprint density at radius 2 is 1.87 bits per heavy atom. The minimum atomic E-state index is 0.240. The standard InChI is InChI=1S/C22H20Cl3N3OS/c23-15-8-9-17(24)16(13-15)20-14-30-22(26-19-6-2-1-5-18(19)25)28(20)12-4-11-27-10-3-7-21(27)29/h1-2,5-6,8-9,13-14H,3-4,7,10-12H2. The van der Waals surface area contributed by atoms with Gasteiger partial charge in [-0.05, 0) is 43.2 Å². The van der Waals surface area contributed by atoms with Gasteiger partial charge in [-0.3, -0.25) is 4.79 Å². The molecule has 0 atom stereocenters. The minimum absolute atomic E-state index is 0.240. The van der Waals surface area contributed by atoms with Crippen molar-refractivity contribution in [1.29, 1.82) is 0 Å². The van der Waals surface area contributed by atoms with Gasteiger partial charge in [0.15, 0.2) is 4.80 Å². The maximum atomic E-state index is 11.9. The van der Waals surface area contributed by atoms with Gasteiger partial charge in [-0.15, -0.1) is 11.3 Å². The summed E-state index contributed by atoms with van der Waals surface area (Å²) in [7, 11) is 0. The monoisotopic (exact) mass is 479 g/mol. The number of rotatable bonds is 6. The van der Waals surface area contributed by atoms with Crippen molar-refractivity contribution in [3.8, 4) is 11.3 Å². The van der Waals surface area contributed by atoms with Crippen LogP contribution in [0.5, 0.6) is 0 Å². The van der Waals surface area contributed by atoms with Crippen molar-refractivity contribution >= 4 is 57.7 Å². The molecule has 1 amide bonds. The van der Waals surface area contributed by atoms with Crippen molar-refractivity contribution in [2.45, 2.75) is 25.8 Å². The van der Waals surface area contributed by atoms with E-state index in [1.807, 2.05) is 40.6 Å². The number of para-hydroxylation sites is 1. The molecule has 30 heavy (non-hydrogen) atoms. The highest BCUT2D eigenvalue weighted by atomic mass is 35.5. The fraction of sp³-hybridized carbons (Fsp3) is 0.273. The van der Waals surface area contributed by atoms with Crippen LogP contribution in [0.2, 0.25) is 15.1 Å². The number of aromatic nitrogens is 1. The fourth-order valence-corrected chi connectivity index (χ4v) is 5.05. The quantitative estimate of drug-likeness (QED) is 0.401. The lowest BCUT2D eigenvalue weighted by Crippen LogP contribution is -2.27. The molecule has 0 aliphatic carbocycles. The third-order valence-corrected chi connectivity index (χ3v) is 6.80. The molecule has 0 radical (unpaired) electrons. The lowest BCUT2D eigenvalue weighted by Gasteiger charge is -2.16. The highest BCUT2D eigenvalue weighted by molar-refractivity contribution is 7.07. The molecule has 0 unspecified atom stereocenters. The molecule has 1 saturated heterocycles. The molecule has 8 heteroatoms. The summed E-state index contributed by atoms with van der Waals surface area (Å²) in [6, 6.07) is 13.0. The van der Waals surface area contributed by atoms with Gasteiger partial charge in [-0.1, -0.05) is 46.9 Å². The third kappa shape index (κ3) is 4.75. The number of benzene rings is 2. The van der Waals surface area contributed by atoms with Gasteiger partial charge >= 0.3 is 0 Å².